The highest BCUT2D eigenvalue weighted by Gasteiger charge is 2.15. The van der Waals surface area contributed by atoms with E-state index in [2.05, 4.69) is 67.0 Å². The van der Waals surface area contributed by atoms with Crippen LogP contribution in [0.4, 0.5) is 0 Å². The average molecular weight is 287 g/mol. The Morgan fingerprint density at radius 3 is 2.45 bits per heavy atom. The Hall–Kier alpha value is -1.12. The molecule has 20 heavy (non-hydrogen) atoms. The molecule has 1 aromatic carbocycles. The summed E-state index contributed by atoms with van der Waals surface area (Å²) < 4.78 is 0. The summed E-state index contributed by atoms with van der Waals surface area (Å²) in [7, 11) is 0. The van der Waals surface area contributed by atoms with E-state index in [-0.39, 0.29) is 0 Å². The molecule has 1 heterocycles. The van der Waals surface area contributed by atoms with Crippen LogP contribution >= 0.6 is 11.3 Å². The van der Waals surface area contributed by atoms with E-state index in [0.717, 1.165) is 6.54 Å². The molecule has 2 aromatic rings. The zero-order valence-electron chi connectivity index (χ0n) is 12.5. The fourth-order valence-corrected chi connectivity index (χ4v) is 3.46. The molecule has 0 aliphatic rings. The number of hydrogen-bond acceptors (Lipinski definition) is 2. The Bertz CT molecular complexity index is 461. The van der Waals surface area contributed by atoms with Crippen LogP contribution in [0.2, 0.25) is 0 Å². The first-order valence-electron chi connectivity index (χ1n) is 7.58. The van der Waals surface area contributed by atoms with Crippen LogP contribution in [0.15, 0.2) is 47.8 Å². The number of aryl methyl sites for hydroxylation is 1. The van der Waals surface area contributed by atoms with Crippen LogP contribution in [-0.4, -0.2) is 6.54 Å². The number of thiophene rings is 1. The Morgan fingerprint density at radius 1 is 1.00 bits per heavy atom. The predicted octanol–water partition coefficient (Wildman–Crippen LogP) is 5.06. The van der Waals surface area contributed by atoms with Crippen molar-refractivity contribution in [2.45, 2.75) is 39.2 Å². The van der Waals surface area contributed by atoms with E-state index in [1.165, 1.54) is 29.7 Å². The summed E-state index contributed by atoms with van der Waals surface area (Å²) in [6.45, 7) is 5.69. The van der Waals surface area contributed by atoms with E-state index >= 15 is 0 Å². The molecule has 1 unspecified atom stereocenters. The summed E-state index contributed by atoms with van der Waals surface area (Å²) in [4.78, 5) is 1.46. The van der Waals surface area contributed by atoms with Gasteiger partial charge in [-0.2, -0.15) is 0 Å². The van der Waals surface area contributed by atoms with E-state index < -0.39 is 0 Å². The van der Waals surface area contributed by atoms with Gasteiger partial charge >= 0.3 is 0 Å². The Labute approximate surface area is 127 Å². The average Bonchev–Trinajstić information content (AvgIpc) is 2.97. The van der Waals surface area contributed by atoms with Crippen LogP contribution in [0, 0.1) is 5.92 Å². The van der Waals surface area contributed by atoms with Crippen molar-refractivity contribution in [3.63, 3.8) is 0 Å². The third-order valence-electron chi connectivity index (χ3n) is 3.62. The normalized spacial score (nSPS) is 12.8. The lowest BCUT2D eigenvalue weighted by molar-refractivity contribution is 0.412. The van der Waals surface area contributed by atoms with E-state index in [4.69, 9.17) is 0 Å². The van der Waals surface area contributed by atoms with E-state index in [1.54, 1.807) is 0 Å². The Kier molecular flexibility index (Phi) is 6.28. The molecule has 0 fully saturated rings. The number of hydrogen-bond donors (Lipinski definition) is 1. The van der Waals surface area contributed by atoms with Crippen molar-refractivity contribution in [3.05, 3.63) is 58.3 Å². The molecule has 1 aromatic heterocycles. The highest BCUT2D eigenvalue weighted by atomic mass is 32.1. The van der Waals surface area contributed by atoms with Gasteiger partial charge in [0.15, 0.2) is 0 Å². The summed E-state index contributed by atoms with van der Waals surface area (Å²) in [6.07, 6.45) is 3.68. The molecule has 0 amide bonds. The van der Waals surface area contributed by atoms with Crippen molar-refractivity contribution < 1.29 is 0 Å². The van der Waals surface area contributed by atoms with Crippen LogP contribution in [-0.2, 0) is 6.42 Å². The van der Waals surface area contributed by atoms with Crippen LogP contribution in [0.3, 0.4) is 0 Å². The molecule has 108 valence electrons. The zero-order valence-corrected chi connectivity index (χ0v) is 13.3. The maximum Gasteiger partial charge on any atom is 0.0438 e. The summed E-state index contributed by atoms with van der Waals surface area (Å²) in [5.41, 5.74) is 1.45. The standard InChI is InChI=1S/C18H25NS/c1-15(2)18(17-12-8-14-20-17)19-13-7-6-11-16-9-4-3-5-10-16/h3-5,8-10,12,14-15,18-19H,6-7,11,13H2,1-2H3. The molecular weight excluding hydrogens is 262 g/mol. The van der Waals surface area contributed by atoms with Gasteiger partial charge in [-0.05, 0) is 48.7 Å². The molecule has 0 bridgehead atoms. The maximum absolute atomic E-state index is 3.72. The van der Waals surface area contributed by atoms with Gasteiger partial charge in [0.2, 0.25) is 0 Å². The van der Waals surface area contributed by atoms with Crippen LogP contribution in [0.1, 0.15) is 43.2 Å². The molecule has 0 aliphatic carbocycles. The maximum atomic E-state index is 3.72. The lowest BCUT2D eigenvalue weighted by atomic mass is 10.0. The zero-order chi connectivity index (χ0) is 14.2. The monoisotopic (exact) mass is 287 g/mol. The second-order valence-corrected chi connectivity index (χ2v) is 6.61. The van der Waals surface area contributed by atoms with Crippen molar-refractivity contribution in [2.75, 3.05) is 6.54 Å². The molecule has 2 rings (SSSR count). The second kappa shape index (κ2) is 8.23. The third kappa shape index (κ3) is 4.77. The van der Waals surface area contributed by atoms with Gasteiger partial charge in [0.05, 0.1) is 0 Å². The molecule has 0 saturated heterocycles. The molecule has 0 aliphatic heterocycles. The summed E-state index contributed by atoms with van der Waals surface area (Å²) >= 11 is 1.86. The fraction of sp³-hybridized carbons (Fsp3) is 0.444. The van der Waals surface area contributed by atoms with E-state index in [9.17, 15) is 0 Å². The van der Waals surface area contributed by atoms with E-state index in [1.807, 2.05) is 11.3 Å². The number of rotatable bonds is 8. The second-order valence-electron chi connectivity index (χ2n) is 5.63. The number of unbranched alkanes of at least 4 members (excludes halogenated alkanes) is 1. The molecule has 1 atom stereocenters. The summed E-state index contributed by atoms with van der Waals surface area (Å²) in [6, 6.07) is 15.7. The van der Waals surface area contributed by atoms with Gasteiger partial charge < -0.3 is 5.32 Å². The molecule has 0 radical (unpaired) electrons. The van der Waals surface area contributed by atoms with Gasteiger partial charge in [-0.15, -0.1) is 11.3 Å². The third-order valence-corrected chi connectivity index (χ3v) is 4.57. The van der Waals surface area contributed by atoms with Crippen molar-refractivity contribution >= 4 is 11.3 Å². The van der Waals surface area contributed by atoms with Gasteiger partial charge in [0.1, 0.15) is 0 Å². The molecule has 0 spiro atoms. The minimum absolute atomic E-state index is 0.506. The summed E-state index contributed by atoms with van der Waals surface area (Å²) in [5, 5.41) is 5.89. The van der Waals surface area contributed by atoms with Crippen molar-refractivity contribution in [1.82, 2.24) is 5.32 Å². The highest BCUT2D eigenvalue weighted by molar-refractivity contribution is 7.10. The molecule has 1 nitrogen and oxygen atoms in total. The number of benzene rings is 1. The minimum atomic E-state index is 0.506. The SMILES string of the molecule is CC(C)C(NCCCCc1ccccc1)c1cccs1. The first-order chi connectivity index (χ1) is 9.77. The quantitative estimate of drug-likeness (QED) is 0.669. The highest BCUT2D eigenvalue weighted by Crippen LogP contribution is 2.25. The topological polar surface area (TPSA) is 12.0 Å². The first-order valence-corrected chi connectivity index (χ1v) is 8.46. The van der Waals surface area contributed by atoms with Gasteiger partial charge in [-0.25, -0.2) is 0 Å². The minimum Gasteiger partial charge on any atom is -0.309 e. The van der Waals surface area contributed by atoms with Gasteiger partial charge in [-0.3, -0.25) is 0 Å². The fourth-order valence-electron chi connectivity index (χ4n) is 2.49. The predicted molar refractivity (Wildman–Crippen MR) is 89.3 cm³/mol. The first kappa shape index (κ1) is 15.3. The molecule has 2 heteroatoms. The van der Waals surface area contributed by atoms with Crippen LogP contribution in [0.5, 0.6) is 0 Å². The van der Waals surface area contributed by atoms with Crippen LogP contribution in [0.25, 0.3) is 0 Å². The molecule has 1 N–H and O–H groups in total. The molecular formula is C18H25NS. The Balaban J connectivity index is 1.69. The van der Waals surface area contributed by atoms with Crippen LogP contribution < -0.4 is 5.32 Å². The van der Waals surface area contributed by atoms with E-state index in [0.29, 0.717) is 12.0 Å². The van der Waals surface area contributed by atoms with Gasteiger partial charge in [-0.1, -0.05) is 50.2 Å². The van der Waals surface area contributed by atoms with Gasteiger partial charge in [0.25, 0.3) is 0 Å². The van der Waals surface area contributed by atoms with Crippen molar-refractivity contribution in [3.8, 4) is 0 Å². The van der Waals surface area contributed by atoms with Crippen molar-refractivity contribution in [1.29, 1.82) is 0 Å². The Morgan fingerprint density at radius 2 is 1.80 bits per heavy atom. The van der Waals surface area contributed by atoms with Gasteiger partial charge in [0, 0.05) is 10.9 Å². The lowest BCUT2D eigenvalue weighted by Crippen LogP contribution is -2.26. The smallest absolute Gasteiger partial charge is 0.0438 e. The van der Waals surface area contributed by atoms with Crippen molar-refractivity contribution in [2.24, 2.45) is 5.92 Å². The summed E-state index contributed by atoms with van der Waals surface area (Å²) in [5.74, 6) is 0.641. The largest absolute Gasteiger partial charge is 0.309 e. The number of nitrogens with one attached hydrogen (secondary N) is 1. The molecule has 0 saturated carbocycles. The lowest BCUT2D eigenvalue weighted by Gasteiger charge is -2.21.